The third-order valence-electron chi connectivity index (χ3n) is 3.05. The smallest absolute Gasteiger partial charge is 0.111 e. The van der Waals surface area contributed by atoms with E-state index < -0.39 is 0 Å². The highest BCUT2D eigenvalue weighted by Crippen LogP contribution is 2.31. The highest BCUT2D eigenvalue weighted by atomic mass is 15.1. The van der Waals surface area contributed by atoms with Crippen molar-refractivity contribution in [2.75, 3.05) is 0 Å². The summed E-state index contributed by atoms with van der Waals surface area (Å²) in [6, 6.07) is 0.979. The molecule has 1 aliphatic rings. The van der Waals surface area contributed by atoms with Crippen molar-refractivity contribution in [1.82, 2.24) is 9.55 Å². The van der Waals surface area contributed by atoms with Crippen molar-refractivity contribution in [3.05, 3.63) is 18.2 Å². The summed E-state index contributed by atoms with van der Waals surface area (Å²) in [5, 5.41) is 0. The minimum atomic E-state index is 0.391. The van der Waals surface area contributed by atoms with E-state index in [0.717, 1.165) is 12.8 Å². The first-order valence-electron chi connectivity index (χ1n) is 5.46. The van der Waals surface area contributed by atoms with Crippen LogP contribution in [-0.2, 0) is 0 Å². The lowest BCUT2D eigenvalue weighted by Gasteiger charge is -2.16. The maximum Gasteiger partial charge on any atom is 0.111 e. The SMILES string of the molecule is CC(C)c1nccn1C1CCC(N)C1. The molecule has 1 aromatic heterocycles. The van der Waals surface area contributed by atoms with Gasteiger partial charge in [0.05, 0.1) is 0 Å². The van der Waals surface area contributed by atoms with Gasteiger partial charge in [-0.25, -0.2) is 4.98 Å². The predicted octanol–water partition coefficient (Wildman–Crippen LogP) is 2.06. The Hall–Kier alpha value is -0.830. The molecule has 0 aliphatic heterocycles. The molecule has 1 aromatic rings. The Labute approximate surface area is 85.3 Å². The van der Waals surface area contributed by atoms with Crippen molar-refractivity contribution in [3.63, 3.8) is 0 Å². The maximum absolute atomic E-state index is 5.92. The molecule has 3 nitrogen and oxygen atoms in total. The standard InChI is InChI=1S/C11H19N3/c1-8(2)11-13-5-6-14(11)10-4-3-9(12)7-10/h5-6,8-10H,3-4,7,12H2,1-2H3. The first kappa shape index (κ1) is 9.71. The highest BCUT2D eigenvalue weighted by molar-refractivity contribution is 5.01. The summed E-state index contributed by atoms with van der Waals surface area (Å²) in [6.45, 7) is 4.38. The molecular formula is C11H19N3. The van der Waals surface area contributed by atoms with E-state index >= 15 is 0 Å². The van der Waals surface area contributed by atoms with E-state index in [2.05, 4.69) is 29.6 Å². The summed E-state index contributed by atoms with van der Waals surface area (Å²) in [6.07, 6.45) is 7.46. The molecule has 0 bridgehead atoms. The van der Waals surface area contributed by atoms with Gasteiger partial charge in [0.2, 0.25) is 0 Å². The quantitative estimate of drug-likeness (QED) is 0.781. The van der Waals surface area contributed by atoms with E-state index in [9.17, 15) is 0 Å². The number of rotatable bonds is 2. The maximum atomic E-state index is 5.92. The molecule has 2 atom stereocenters. The van der Waals surface area contributed by atoms with Crippen LogP contribution in [0.1, 0.15) is 50.9 Å². The Morgan fingerprint density at radius 1 is 1.50 bits per heavy atom. The normalized spacial score (nSPS) is 27.4. The van der Waals surface area contributed by atoms with E-state index in [4.69, 9.17) is 5.73 Å². The van der Waals surface area contributed by atoms with Gasteiger partial charge in [-0.3, -0.25) is 0 Å². The zero-order valence-corrected chi connectivity index (χ0v) is 8.98. The fourth-order valence-electron chi connectivity index (χ4n) is 2.32. The first-order chi connectivity index (χ1) is 6.68. The summed E-state index contributed by atoms with van der Waals surface area (Å²) in [5.41, 5.74) is 5.92. The second-order valence-electron chi connectivity index (χ2n) is 4.57. The van der Waals surface area contributed by atoms with Crippen LogP contribution >= 0.6 is 0 Å². The molecule has 3 heteroatoms. The topological polar surface area (TPSA) is 43.8 Å². The summed E-state index contributed by atoms with van der Waals surface area (Å²) in [4.78, 5) is 4.41. The van der Waals surface area contributed by atoms with Crippen molar-refractivity contribution in [1.29, 1.82) is 0 Å². The average molecular weight is 193 g/mol. The fraction of sp³-hybridized carbons (Fsp3) is 0.727. The molecule has 2 unspecified atom stereocenters. The molecule has 14 heavy (non-hydrogen) atoms. The van der Waals surface area contributed by atoms with Crippen molar-refractivity contribution in [2.45, 2.75) is 51.1 Å². The third-order valence-corrected chi connectivity index (χ3v) is 3.05. The second-order valence-corrected chi connectivity index (χ2v) is 4.57. The Balaban J connectivity index is 2.19. The second kappa shape index (κ2) is 3.73. The number of hydrogen-bond donors (Lipinski definition) is 1. The average Bonchev–Trinajstić information content (AvgIpc) is 2.70. The van der Waals surface area contributed by atoms with Gasteiger partial charge >= 0.3 is 0 Å². The number of imidazole rings is 1. The molecule has 2 N–H and O–H groups in total. The molecule has 78 valence electrons. The van der Waals surface area contributed by atoms with Gasteiger partial charge < -0.3 is 10.3 Å². The molecule has 1 heterocycles. The molecule has 0 spiro atoms. The number of aromatic nitrogens is 2. The van der Waals surface area contributed by atoms with Gasteiger partial charge in [-0.2, -0.15) is 0 Å². The van der Waals surface area contributed by atoms with Crippen LogP contribution in [0.2, 0.25) is 0 Å². The Morgan fingerprint density at radius 3 is 2.86 bits per heavy atom. The van der Waals surface area contributed by atoms with E-state index in [1.807, 2.05) is 6.20 Å². The summed E-state index contributed by atoms with van der Waals surface area (Å²) >= 11 is 0. The minimum absolute atomic E-state index is 0.391. The van der Waals surface area contributed by atoms with E-state index in [1.165, 1.54) is 12.2 Å². The van der Waals surface area contributed by atoms with E-state index in [0.29, 0.717) is 18.0 Å². The van der Waals surface area contributed by atoms with Crippen molar-refractivity contribution < 1.29 is 0 Å². The van der Waals surface area contributed by atoms with Crippen LogP contribution in [0.25, 0.3) is 0 Å². The molecule has 1 saturated carbocycles. The molecular weight excluding hydrogens is 174 g/mol. The molecule has 0 aromatic carbocycles. The Morgan fingerprint density at radius 2 is 2.29 bits per heavy atom. The zero-order chi connectivity index (χ0) is 10.1. The van der Waals surface area contributed by atoms with Gasteiger partial charge in [-0.1, -0.05) is 13.8 Å². The molecule has 1 aliphatic carbocycles. The fourth-order valence-corrected chi connectivity index (χ4v) is 2.32. The summed E-state index contributed by atoms with van der Waals surface area (Å²) in [5.74, 6) is 1.70. The lowest BCUT2D eigenvalue weighted by Crippen LogP contribution is -2.16. The molecule has 1 fully saturated rings. The Kier molecular flexibility index (Phi) is 2.59. The molecule has 0 amide bonds. The zero-order valence-electron chi connectivity index (χ0n) is 8.98. The molecule has 2 rings (SSSR count). The van der Waals surface area contributed by atoms with E-state index in [1.54, 1.807) is 0 Å². The van der Waals surface area contributed by atoms with Gasteiger partial charge in [-0.15, -0.1) is 0 Å². The van der Waals surface area contributed by atoms with Crippen LogP contribution in [0.15, 0.2) is 12.4 Å². The first-order valence-corrected chi connectivity index (χ1v) is 5.46. The van der Waals surface area contributed by atoms with Gasteiger partial charge in [-0.05, 0) is 19.3 Å². The lowest BCUT2D eigenvalue weighted by atomic mass is 10.1. The monoisotopic (exact) mass is 193 g/mol. The summed E-state index contributed by atoms with van der Waals surface area (Å²) in [7, 11) is 0. The highest BCUT2D eigenvalue weighted by Gasteiger charge is 2.24. The predicted molar refractivity (Wildman–Crippen MR) is 57.2 cm³/mol. The molecule has 0 radical (unpaired) electrons. The van der Waals surface area contributed by atoms with Gasteiger partial charge in [0.15, 0.2) is 0 Å². The minimum Gasteiger partial charge on any atom is -0.332 e. The van der Waals surface area contributed by atoms with Crippen LogP contribution in [-0.4, -0.2) is 15.6 Å². The van der Waals surface area contributed by atoms with Crippen LogP contribution in [0, 0.1) is 0 Å². The van der Waals surface area contributed by atoms with Gasteiger partial charge in [0.25, 0.3) is 0 Å². The van der Waals surface area contributed by atoms with Crippen molar-refractivity contribution in [3.8, 4) is 0 Å². The van der Waals surface area contributed by atoms with Crippen LogP contribution in [0.3, 0.4) is 0 Å². The third kappa shape index (κ3) is 1.69. The number of hydrogen-bond acceptors (Lipinski definition) is 2. The largest absolute Gasteiger partial charge is 0.332 e. The van der Waals surface area contributed by atoms with Crippen molar-refractivity contribution in [2.24, 2.45) is 5.73 Å². The lowest BCUT2D eigenvalue weighted by molar-refractivity contribution is 0.480. The van der Waals surface area contributed by atoms with Gasteiger partial charge in [0.1, 0.15) is 5.82 Å². The molecule has 0 saturated heterocycles. The Bertz CT molecular complexity index is 303. The van der Waals surface area contributed by atoms with E-state index in [-0.39, 0.29) is 0 Å². The summed E-state index contributed by atoms with van der Waals surface area (Å²) < 4.78 is 2.32. The number of nitrogens with zero attached hydrogens (tertiary/aromatic N) is 2. The van der Waals surface area contributed by atoms with Crippen LogP contribution in [0.4, 0.5) is 0 Å². The van der Waals surface area contributed by atoms with Crippen LogP contribution < -0.4 is 5.73 Å². The van der Waals surface area contributed by atoms with Gasteiger partial charge in [0, 0.05) is 30.4 Å². The van der Waals surface area contributed by atoms with Crippen LogP contribution in [0.5, 0.6) is 0 Å². The van der Waals surface area contributed by atoms with Crippen molar-refractivity contribution >= 4 is 0 Å². The number of nitrogens with two attached hydrogens (primary N) is 1.